The number of hydrogen-bond acceptors (Lipinski definition) is 0. The highest BCUT2D eigenvalue weighted by molar-refractivity contribution is 5.83. The molecule has 2 aromatic rings. The highest BCUT2D eigenvalue weighted by atomic mass is 14.9. The topological polar surface area (TPSA) is 3.88 Å². The third kappa shape index (κ3) is 2.01. The second-order valence-electron chi connectivity index (χ2n) is 4.56. The summed E-state index contributed by atoms with van der Waals surface area (Å²) in [6.45, 7) is 4.53. The van der Waals surface area contributed by atoms with Crippen molar-refractivity contribution >= 4 is 10.8 Å². The summed E-state index contributed by atoms with van der Waals surface area (Å²) in [7, 11) is 2.13. The van der Waals surface area contributed by atoms with Gasteiger partial charge in [0.15, 0.2) is 11.9 Å². The van der Waals surface area contributed by atoms with Gasteiger partial charge in [0.05, 0.1) is 0 Å². The van der Waals surface area contributed by atoms with E-state index in [1.165, 1.54) is 16.5 Å². The zero-order valence-electron chi connectivity index (χ0n) is 9.70. The van der Waals surface area contributed by atoms with Gasteiger partial charge in [-0.3, -0.25) is 0 Å². The molecule has 78 valence electrons. The molecule has 0 aliphatic heterocycles. The van der Waals surface area contributed by atoms with Crippen LogP contribution in [0.25, 0.3) is 10.8 Å². The van der Waals surface area contributed by atoms with Crippen molar-refractivity contribution < 1.29 is 4.57 Å². The summed E-state index contributed by atoms with van der Waals surface area (Å²) in [5, 5.41) is 2.72. The minimum atomic E-state index is 0.696. The van der Waals surface area contributed by atoms with E-state index in [2.05, 4.69) is 62.0 Å². The summed E-state index contributed by atoms with van der Waals surface area (Å²) in [4.78, 5) is 0. The van der Waals surface area contributed by atoms with Crippen LogP contribution in [0, 0.1) is 5.92 Å². The van der Waals surface area contributed by atoms with Crippen LogP contribution in [0.4, 0.5) is 0 Å². The lowest BCUT2D eigenvalue weighted by Gasteiger charge is -2.06. The van der Waals surface area contributed by atoms with Crippen molar-refractivity contribution in [3.8, 4) is 0 Å². The highest BCUT2D eigenvalue weighted by Gasteiger charge is 2.12. The Labute approximate surface area is 91.4 Å². The van der Waals surface area contributed by atoms with E-state index in [0.717, 1.165) is 6.42 Å². The van der Waals surface area contributed by atoms with Crippen LogP contribution in [0.3, 0.4) is 0 Å². The van der Waals surface area contributed by atoms with Crippen LogP contribution in [0.5, 0.6) is 0 Å². The van der Waals surface area contributed by atoms with Gasteiger partial charge in [-0.05, 0) is 17.4 Å². The molecule has 0 aliphatic rings. The Hall–Kier alpha value is -1.37. The monoisotopic (exact) mass is 200 g/mol. The number of nitrogens with zero attached hydrogens (tertiary/aromatic N) is 1. The molecule has 1 heterocycles. The molecule has 0 amide bonds. The Balaban J connectivity index is 2.63. The number of fused-ring (bicyclic) bond motifs is 1. The fourth-order valence-electron chi connectivity index (χ4n) is 2.02. The third-order valence-corrected chi connectivity index (χ3v) is 2.78. The summed E-state index contributed by atoms with van der Waals surface area (Å²) in [6, 6.07) is 10.8. The standard InChI is InChI=1S/C14H18N/c1-11(2)10-14-13-7-5-4-6-12(13)8-9-15(14)3/h4-9,11H,10H2,1-3H3/q+1. The number of aromatic nitrogens is 1. The van der Waals surface area contributed by atoms with Gasteiger partial charge in [-0.2, -0.15) is 0 Å². The Morgan fingerprint density at radius 3 is 2.60 bits per heavy atom. The average Bonchev–Trinajstić information content (AvgIpc) is 2.22. The number of benzene rings is 1. The summed E-state index contributed by atoms with van der Waals surface area (Å²) in [5.41, 5.74) is 1.43. The molecular formula is C14H18N+. The van der Waals surface area contributed by atoms with E-state index in [0.29, 0.717) is 5.92 Å². The largest absolute Gasteiger partial charge is 0.205 e. The maximum absolute atomic E-state index is 2.27. The van der Waals surface area contributed by atoms with Crippen molar-refractivity contribution in [3.63, 3.8) is 0 Å². The Kier molecular flexibility index (Phi) is 2.72. The van der Waals surface area contributed by atoms with Gasteiger partial charge < -0.3 is 0 Å². The summed E-state index contributed by atoms with van der Waals surface area (Å²) >= 11 is 0. The van der Waals surface area contributed by atoms with Crippen molar-refractivity contribution in [3.05, 3.63) is 42.2 Å². The van der Waals surface area contributed by atoms with E-state index < -0.39 is 0 Å². The molecule has 0 radical (unpaired) electrons. The molecule has 1 nitrogen and oxygen atoms in total. The summed E-state index contributed by atoms with van der Waals surface area (Å²) < 4.78 is 2.24. The van der Waals surface area contributed by atoms with Gasteiger partial charge in [0, 0.05) is 17.9 Å². The molecule has 1 aromatic carbocycles. The van der Waals surface area contributed by atoms with E-state index in [1.54, 1.807) is 0 Å². The molecule has 15 heavy (non-hydrogen) atoms. The molecule has 0 saturated heterocycles. The number of hydrogen-bond donors (Lipinski definition) is 0. The minimum Gasteiger partial charge on any atom is -0.205 e. The first-order valence-corrected chi connectivity index (χ1v) is 5.54. The molecule has 0 fully saturated rings. The summed E-state index contributed by atoms with van der Waals surface area (Å²) in [5.74, 6) is 0.696. The predicted octanol–water partition coefficient (Wildman–Crippen LogP) is 2.86. The van der Waals surface area contributed by atoms with E-state index in [-0.39, 0.29) is 0 Å². The quantitative estimate of drug-likeness (QED) is 0.656. The van der Waals surface area contributed by atoms with E-state index in [1.807, 2.05) is 0 Å². The van der Waals surface area contributed by atoms with Crippen LogP contribution in [0.15, 0.2) is 36.5 Å². The van der Waals surface area contributed by atoms with Gasteiger partial charge in [-0.1, -0.05) is 32.0 Å². The normalized spacial score (nSPS) is 11.2. The molecular weight excluding hydrogens is 182 g/mol. The van der Waals surface area contributed by atoms with Crippen LogP contribution in [-0.4, -0.2) is 0 Å². The lowest BCUT2D eigenvalue weighted by Crippen LogP contribution is -2.33. The number of pyridine rings is 1. The molecule has 2 rings (SSSR count). The van der Waals surface area contributed by atoms with Gasteiger partial charge in [0.2, 0.25) is 0 Å². The molecule has 0 aliphatic carbocycles. The van der Waals surface area contributed by atoms with Gasteiger partial charge in [-0.15, -0.1) is 0 Å². The first kappa shape index (κ1) is 10.2. The zero-order chi connectivity index (χ0) is 10.8. The molecule has 0 spiro atoms. The Bertz CT molecular complexity index is 472. The zero-order valence-corrected chi connectivity index (χ0v) is 9.70. The van der Waals surface area contributed by atoms with Crippen molar-refractivity contribution in [2.75, 3.05) is 0 Å². The lowest BCUT2D eigenvalue weighted by atomic mass is 10.0. The molecule has 0 bridgehead atoms. The Morgan fingerprint density at radius 2 is 1.87 bits per heavy atom. The fraction of sp³-hybridized carbons (Fsp3) is 0.357. The smallest absolute Gasteiger partial charge is 0.189 e. The number of rotatable bonds is 2. The highest BCUT2D eigenvalue weighted by Crippen LogP contribution is 2.17. The first-order chi connectivity index (χ1) is 7.18. The summed E-state index contributed by atoms with van der Waals surface area (Å²) in [6.07, 6.45) is 3.29. The van der Waals surface area contributed by atoms with Gasteiger partial charge >= 0.3 is 0 Å². The van der Waals surface area contributed by atoms with Crippen LogP contribution in [0.1, 0.15) is 19.5 Å². The minimum absolute atomic E-state index is 0.696. The fourth-order valence-corrected chi connectivity index (χ4v) is 2.02. The lowest BCUT2D eigenvalue weighted by molar-refractivity contribution is -0.678. The van der Waals surface area contributed by atoms with Crippen LogP contribution >= 0.6 is 0 Å². The second kappa shape index (κ2) is 4.01. The molecule has 1 aromatic heterocycles. The van der Waals surface area contributed by atoms with Gasteiger partial charge in [0.1, 0.15) is 7.05 Å². The van der Waals surface area contributed by atoms with E-state index in [4.69, 9.17) is 0 Å². The van der Waals surface area contributed by atoms with Crippen LogP contribution in [0.2, 0.25) is 0 Å². The molecule has 1 heteroatoms. The third-order valence-electron chi connectivity index (χ3n) is 2.78. The van der Waals surface area contributed by atoms with Crippen molar-refractivity contribution in [1.82, 2.24) is 0 Å². The molecule has 0 atom stereocenters. The second-order valence-corrected chi connectivity index (χ2v) is 4.56. The molecule has 0 N–H and O–H groups in total. The maximum atomic E-state index is 2.27. The van der Waals surface area contributed by atoms with E-state index >= 15 is 0 Å². The molecule has 0 unspecified atom stereocenters. The number of aryl methyl sites for hydroxylation is 1. The average molecular weight is 200 g/mol. The van der Waals surface area contributed by atoms with Gasteiger partial charge in [0.25, 0.3) is 0 Å². The first-order valence-electron chi connectivity index (χ1n) is 5.54. The van der Waals surface area contributed by atoms with Gasteiger partial charge in [-0.25, -0.2) is 4.57 Å². The van der Waals surface area contributed by atoms with Crippen LogP contribution in [-0.2, 0) is 13.5 Å². The van der Waals surface area contributed by atoms with Crippen molar-refractivity contribution in [1.29, 1.82) is 0 Å². The molecule has 0 saturated carbocycles. The van der Waals surface area contributed by atoms with E-state index in [9.17, 15) is 0 Å². The van der Waals surface area contributed by atoms with Crippen molar-refractivity contribution in [2.45, 2.75) is 20.3 Å². The SMILES string of the molecule is CC(C)Cc1c2ccccc2cc[n+]1C. The Morgan fingerprint density at radius 1 is 1.13 bits per heavy atom. The predicted molar refractivity (Wildman–Crippen MR) is 63.7 cm³/mol. The van der Waals surface area contributed by atoms with Crippen LogP contribution < -0.4 is 4.57 Å². The maximum Gasteiger partial charge on any atom is 0.189 e. The van der Waals surface area contributed by atoms with Crippen molar-refractivity contribution in [2.24, 2.45) is 13.0 Å².